The molecule has 52 heavy (non-hydrogen) atoms. The van der Waals surface area contributed by atoms with Crippen molar-refractivity contribution < 1.29 is 37.1 Å². The molecule has 1 aromatic carbocycles. The van der Waals surface area contributed by atoms with Gasteiger partial charge in [-0.05, 0) is 66.5 Å². The second-order valence-electron chi connectivity index (χ2n) is 15.7. The van der Waals surface area contributed by atoms with Crippen LogP contribution in [0.5, 0.6) is 5.88 Å². The van der Waals surface area contributed by atoms with E-state index >= 15 is 0 Å². The van der Waals surface area contributed by atoms with Crippen LogP contribution in [-0.4, -0.2) is 84.6 Å². The fraction of sp³-hybridized carbons (Fsp3) is 0.564. The molecule has 280 valence electrons. The molecule has 13 heteroatoms. The molecule has 3 fully saturated rings. The lowest BCUT2D eigenvalue weighted by molar-refractivity contribution is -0.153. The molecule has 2 aromatic rings. The number of nitrogens with zero attached hydrogens (tertiary/aromatic N) is 3. The van der Waals surface area contributed by atoms with Crippen molar-refractivity contribution in [2.75, 3.05) is 26.2 Å². The molecular weight excluding hydrogens is 685 g/mol. The zero-order chi connectivity index (χ0) is 37.3. The van der Waals surface area contributed by atoms with Crippen LogP contribution < -0.4 is 9.46 Å². The number of ether oxygens (including phenoxy) is 2. The second kappa shape index (κ2) is 15.1. The molecule has 3 aliphatic heterocycles. The van der Waals surface area contributed by atoms with Gasteiger partial charge in [-0.3, -0.25) is 19.2 Å². The van der Waals surface area contributed by atoms with Gasteiger partial charge in [0.05, 0.1) is 36.9 Å². The van der Waals surface area contributed by atoms with Crippen molar-refractivity contribution in [1.29, 1.82) is 0 Å². The molecule has 0 unspecified atom stereocenters. The Kier molecular flexibility index (Phi) is 10.9. The summed E-state index contributed by atoms with van der Waals surface area (Å²) in [7, 11) is -4.10. The van der Waals surface area contributed by atoms with Gasteiger partial charge in [-0.25, -0.2) is 9.71 Å². The molecule has 2 amide bonds. The summed E-state index contributed by atoms with van der Waals surface area (Å²) in [6, 6.07) is 6.87. The van der Waals surface area contributed by atoms with Gasteiger partial charge in [0.2, 0.25) is 17.7 Å². The highest BCUT2D eigenvalue weighted by Crippen LogP contribution is 2.57. The van der Waals surface area contributed by atoms with E-state index in [1.165, 1.54) is 9.21 Å². The van der Waals surface area contributed by atoms with Crippen LogP contribution in [0, 0.1) is 22.7 Å². The van der Waals surface area contributed by atoms with Gasteiger partial charge in [0, 0.05) is 37.5 Å². The number of ketones is 1. The molecule has 0 spiro atoms. The molecule has 12 nitrogen and oxygen atoms in total. The van der Waals surface area contributed by atoms with Gasteiger partial charge in [-0.2, -0.15) is 12.7 Å². The van der Waals surface area contributed by atoms with E-state index in [-0.39, 0.29) is 50.5 Å². The maximum absolute atomic E-state index is 14.5. The van der Waals surface area contributed by atoms with E-state index in [9.17, 15) is 27.6 Å². The predicted molar refractivity (Wildman–Crippen MR) is 196 cm³/mol. The Balaban J connectivity index is 1.31. The maximum atomic E-state index is 14.5. The lowest BCUT2D eigenvalue weighted by Gasteiger charge is -2.34. The van der Waals surface area contributed by atoms with Crippen molar-refractivity contribution in [3.8, 4) is 5.88 Å². The first-order chi connectivity index (χ1) is 24.7. The van der Waals surface area contributed by atoms with Crippen molar-refractivity contribution in [2.24, 2.45) is 22.7 Å². The van der Waals surface area contributed by atoms with E-state index in [1.807, 2.05) is 57.2 Å². The Bertz CT molecular complexity index is 1860. The van der Waals surface area contributed by atoms with Crippen LogP contribution in [0.1, 0.15) is 84.1 Å². The zero-order valence-electron chi connectivity index (χ0n) is 30.3. The smallest absolute Gasteiger partial charge is 0.306 e. The van der Waals surface area contributed by atoms with Gasteiger partial charge in [0.1, 0.15) is 6.10 Å². The third-order valence-corrected chi connectivity index (χ3v) is 12.5. The molecule has 0 radical (unpaired) electrons. The first-order valence-corrected chi connectivity index (χ1v) is 19.8. The van der Waals surface area contributed by atoms with Gasteiger partial charge in [0.15, 0.2) is 5.78 Å². The fourth-order valence-electron chi connectivity index (χ4n) is 7.75. The molecule has 4 bridgehead atoms. The van der Waals surface area contributed by atoms with Gasteiger partial charge in [0.25, 0.3) is 0 Å². The Morgan fingerprint density at radius 2 is 1.88 bits per heavy atom. The second-order valence-corrected chi connectivity index (χ2v) is 17.4. The number of pyridine rings is 1. The number of hydrogen-bond donors (Lipinski definition) is 1. The van der Waals surface area contributed by atoms with Crippen LogP contribution in [0.2, 0.25) is 0 Å². The van der Waals surface area contributed by atoms with Crippen LogP contribution in [0.4, 0.5) is 0 Å². The molecule has 1 saturated carbocycles. The molecule has 6 rings (SSSR count). The molecule has 4 heterocycles. The molecular formula is C39H50N4O8S. The average Bonchev–Trinajstić information content (AvgIpc) is 3.67. The van der Waals surface area contributed by atoms with Crippen molar-refractivity contribution in [2.45, 2.75) is 90.7 Å². The molecule has 1 N–H and O–H groups in total. The number of rotatable bonds is 7. The highest BCUT2D eigenvalue weighted by atomic mass is 32.2. The minimum absolute atomic E-state index is 0.0575. The van der Waals surface area contributed by atoms with Gasteiger partial charge in [-0.1, -0.05) is 57.6 Å². The molecule has 5 atom stereocenters. The number of fused-ring (bicyclic) bond motifs is 3. The SMILES string of the molecule is C=C[C@H]1C[C@]1(CC(=O)[C@@H]1C[C@@H]2CN1C(=O)[C@H](C(C)(C)C)CC(=O)OCCC/C=C/c1ccc3ccnc(c3c1)O2)C(=O)NS(=O)(=O)N1CCCCC1. The minimum atomic E-state index is -4.10. The molecule has 4 aliphatic rings. The quantitative estimate of drug-likeness (QED) is 0.307. The number of esters is 1. The summed E-state index contributed by atoms with van der Waals surface area (Å²) in [5, 5.41) is 1.71. The fourth-order valence-corrected chi connectivity index (χ4v) is 9.05. The number of aromatic nitrogens is 1. The number of hydrogen-bond acceptors (Lipinski definition) is 9. The largest absolute Gasteiger partial charge is 0.472 e. The molecule has 1 aromatic heterocycles. The van der Waals surface area contributed by atoms with E-state index in [2.05, 4.69) is 16.3 Å². The van der Waals surface area contributed by atoms with Crippen molar-refractivity contribution in [3.63, 3.8) is 0 Å². The van der Waals surface area contributed by atoms with E-state index in [1.54, 1.807) is 12.3 Å². The van der Waals surface area contributed by atoms with Crippen LogP contribution in [0.25, 0.3) is 16.8 Å². The van der Waals surface area contributed by atoms with Gasteiger partial charge < -0.3 is 14.4 Å². The summed E-state index contributed by atoms with van der Waals surface area (Å²) in [6.45, 7) is 10.4. The summed E-state index contributed by atoms with van der Waals surface area (Å²) in [4.78, 5) is 61.9. The summed E-state index contributed by atoms with van der Waals surface area (Å²) in [5.74, 6) is -2.83. The van der Waals surface area contributed by atoms with E-state index in [4.69, 9.17) is 9.47 Å². The van der Waals surface area contributed by atoms with Crippen molar-refractivity contribution in [1.82, 2.24) is 18.9 Å². The molecule has 2 saturated heterocycles. The number of allylic oxidation sites excluding steroid dienone is 2. The van der Waals surface area contributed by atoms with E-state index < -0.39 is 56.9 Å². The number of benzene rings is 1. The highest BCUT2D eigenvalue weighted by molar-refractivity contribution is 7.87. The summed E-state index contributed by atoms with van der Waals surface area (Å²) < 4.78 is 42.0. The lowest BCUT2D eigenvalue weighted by Crippen LogP contribution is -2.50. The number of carbonyl (C=O) groups excluding carboxylic acids is 4. The van der Waals surface area contributed by atoms with Crippen LogP contribution >= 0.6 is 0 Å². The Morgan fingerprint density at radius 1 is 1.12 bits per heavy atom. The Hall–Kier alpha value is -4.10. The van der Waals surface area contributed by atoms with Gasteiger partial charge in [-0.15, -0.1) is 6.58 Å². The highest BCUT2D eigenvalue weighted by Gasteiger charge is 2.61. The number of piperidine rings is 1. The van der Waals surface area contributed by atoms with E-state index in [0.717, 1.165) is 22.8 Å². The first-order valence-electron chi connectivity index (χ1n) is 18.4. The third-order valence-electron chi connectivity index (χ3n) is 11.0. The van der Waals surface area contributed by atoms with Crippen LogP contribution in [-0.2, 0) is 34.1 Å². The molecule has 1 aliphatic carbocycles. The lowest BCUT2D eigenvalue weighted by atomic mass is 9.77. The zero-order valence-corrected chi connectivity index (χ0v) is 31.2. The minimum Gasteiger partial charge on any atom is -0.472 e. The van der Waals surface area contributed by atoms with Crippen LogP contribution in [0.3, 0.4) is 0 Å². The topological polar surface area (TPSA) is 152 Å². The van der Waals surface area contributed by atoms with Crippen molar-refractivity contribution in [3.05, 3.63) is 54.8 Å². The standard InChI is InChI=1S/C39H50N4O8S/c1-5-28-23-39(28,37(47)41-52(48,49)42-17-9-7-10-18-42)24-33(44)32-21-29-25-43(32)36(46)31(38(2,3)4)22-34(45)50-19-11-6-8-12-26-13-14-27-15-16-40-35(51-29)30(27)20-26/h5,8,12-16,20,28-29,31-32H,1,6-7,9-11,17-19,21-25H2,2-4H3,(H,41,47)/b12-8+/t28-,29+,31+,32-,39+/m0/s1. The van der Waals surface area contributed by atoms with E-state index in [0.29, 0.717) is 44.7 Å². The Morgan fingerprint density at radius 3 is 2.60 bits per heavy atom. The predicted octanol–water partition coefficient (Wildman–Crippen LogP) is 4.98. The average molecular weight is 735 g/mol. The van der Waals surface area contributed by atoms with Gasteiger partial charge >= 0.3 is 16.2 Å². The van der Waals surface area contributed by atoms with Crippen molar-refractivity contribution >= 4 is 50.6 Å². The monoisotopic (exact) mass is 734 g/mol. The number of amides is 2. The maximum Gasteiger partial charge on any atom is 0.306 e. The summed E-state index contributed by atoms with van der Waals surface area (Å²) in [6.07, 6.45) is 10.2. The number of cyclic esters (lactones) is 1. The first kappa shape index (κ1) is 37.7. The number of nitrogens with one attached hydrogen (secondary N) is 1. The third kappa shape index (κ3) is 8.10. The summed E-state index contributed by atoms with van der Waals surface area (Å²) in [5.41, 5.74) is -1.02. The van der Waals surface area contributed by atoms with Crippen LogP contribution in [0.15, 0.2) is 49.2 Å². The normalized spacial score (nSPS) is 28.3. The summed E-state index contributed by atoms with van der Waals surface area (Å²) >= 11 is 0. The number of carbonyl (C=O) groups is 4. The number of Topliss-reactive ketones (excluding diaryl/α,β-unsaturated/α-hetero) is 1. The Labute approximate surface area is 306 Å².